The van der Waals surface area contributed by atoms with Gasteiger partial charge in [0.15, 0.2) is 0 Å². The molecule has 1 saturated carbocycles. The number of carbonyl (C=O) groups excluding carboxylic acids is 3. The fourth-order valence-corrected chi connectivity index (χ4v) is 4.07. The highest BCUT2D eigenvalue weighted by atomic mass is 16.2. The van der Waals surface area contributed by atoms with Crippen molar-refractivity contribution in [2.45, 2.75) is 39.5 Å². The number of hydrogen-bond donors (Lipinski definition) is 1. The van der Waals surface area contributed by atoms with Gasteiger partial charge in [0.05, 0.1) is 0 Å². The third-order valence-electron chi connectivity index (χ3n) is 5.77. The molecular weight excluding hydrogens is 342 g/mol. The van der Waals surface area contributed by atoms with Gasteiger partial charge in [-0.2, -0.15) is 0 Å². The van der Waals surface area contributed by atoms with Crippen LogP contribution in [0.25, 0.3) is 0 Å². The first-order valence-electron chi connectivity index (χ1n) is 9.86. The molecule has 1 aromatic rings. The van der Waals surface area contributed by atoms with Crippen LogP contribution in [0.5, 0.6) is 0 Å². The van der Waals surface area contributed by atoms with Gasteiger partial charge in [0, 0.05) is 50.6 Å². The van der Waals surface area contributed by atoms with E-state index in [0.29, 0.717) is 26.2 Å². The van der Waals surface area contributed by atoms with E-state index < -0.39 is 0 Å². The topological polar surface area (TPSA) is 69.7 Å². The first-order chi connectivity index (χ1) is 12.9. The fourth-order valence-electron chi connectivity index (χ4n) is 4.07. The van der Waals surface area contributed by atoms with Crippen molar-refractivity contribution in [3.8, 4) is 0 Å². The molecule has 27 heavy (non-hydrogen) atoms. The molecule has 0 bridgehead atoms. The molecule has 3 amide bonds. The van der Waals surface area contributed by atoms with Crippen molar-refractivity contribution in [2.75, 3.05) is 31.5 Å². The number of aryl methyl sites for hydroxylation is 1. The van der Waals surface area contributed by atoms with Crippen molar-refractivity contribution in [1.29, 1.82) is 0 Å². The smallest absolute Gasteiger partial charge is 0.227 e. The lowest BCUT2D eigenvalue weighted by molar-refractivity contribution is -0.142. The van der Waals surface area contributed by atoms with Crippen LogP contribution in [0.15, 0.2) is 24.3 Å². The molecule has 1 N–H and O–H groups in total. The van der Waals surface area contributed by atoms with E-state index in [0.717, 1.165) is 36.9 Å². The molecule has 1 aliphatic heterocycles. The Morgan fingerprint density at radius 3 is 2.11 bits per heavy atom. The highest BCUT2D eigenvalue weighted by molar-refractivity contribution is 5.92. The molecule has 0 spiro atoms. The Morgan fingerprint density at radius 2 is 1.52 bits per heavy atom. The summed E-state index contributed by atoms with van der Waals surface area (Å²) in [7, 11) is 0. The summed E-state index contributed by atoms with van der Waals surface area (Å²) in [5.41, 5.74) is 1.95. The van der Waals surface area contributed by atoms with E-state index in [4.69, 9.17) is 0 Å². The summed E-state index contributed by atoms with van der Waals surface area (Å²) < 4.78 is 0. The van der Waals surface area contributed by atoms with Gasteiger partial charge in [0.1, 0.15) is 0 Å². The third-order valence-corrected chi connectivity index (χ3v) is 5.77. The highest BCUT2D eigenvalue weighted by Gasteiger charge is 2.33. The van der Waals surface area contributed by atoms with Crippen molar-refractivity contribution in [3.05, 3.63) is 29.8 Å². The number of benzene rings is 1. The van der Waals surface area contributed by atoms with Gasteiger partial charge >= 0.3 is 0 Å². The van der Waals surface area contributed by atoms with E-state index in [1.54, 1.807) is 11.8 Å². The van der Waals surface area contributed by atoms with Gasteiger partial charge in [0.2, 0.25) is 17.7 Å². The summed E-state index contributed by atoms with van der Waals surface area (Å²) in [5, 5.41) is 3.00. The molecule has 0 unspecified atom stereocenters. The maximum absolute atomic E-state index is 12.8. The van der Waals surface area contributed by atoms with Crippen LogP contribution in [0.2, 0.25) is 0 Å². The minimum atomic E-state index is -0.0240. The molecule has 1 aromatic carbocycles. The van der Waals surface area contributed by atoms with Gasteiger partial charge in [-0.05, 0) is 50.3 Å². The van der Waals surface area contributed by atoms with E-state index in [9.17, 15) is 14.4 Å². The van der Waals surface area contributed by atoms with Crippen LogP contribution in [-0.4, -0.2) is 53.7 Å². The van der Waals surface area contributed by atoms with Crippen LogP contribution >= 0.6 is 0 Å². The number of nitrogens with one attached hydrogen (secondary N) is 1. The van der Waals surface area contributed by atoms with Gasteiger partial charge < -0.3 is 15.1 Å². The Kier molecular flexibility index (Phi) is 6.14. The molecule has 1 heterocycles. The SMILES string of the molecule is CC(=O)N1CCN(C(=O)C2CCC(C(=O)Nc3cccc(C)c3)CC2)CC1. The second-order valence-electron chi connectivity index (χ2n) is 7.74. The van der Waals surface area contributed by atoms with Crippen molar-refractivity contribution >= 4 is 23.4 Å². The first-order valence-corrected chi connectivity index (χ1v) is 9.86. The van der Waals surface area contributed by atoms with E-state index in [2.05, 4.69) is 5.32 Å². The molecule has 0 radical (unpaired) electrons. The zero-order valence-electron chi connectivity index (χ0n) is 16.2. The Balaban J connectivity index is 1.46. The molecule has 3 rings (SSSR count). The summed E-state index contributed by atoms with van der Waals surface area (Å²) in [6, 6.07) is 7.81. The van der Waals surface area contributed by atoms with Crippen molar-refractivity contribution < 1.29 is 14.4 Å². The minimum absolute atomic E-state index is 0.0110. The summed E-state index contributed by atoms with van der Waals surface area (Å²) in [6.07, 6.45) is 3.03. The average molecular weight is 371 g/mol. The van der Waals surface area contributed by atoms with Crippen LogP contribution in [0.3, 0.4) is 0 Å². The maximum atomic E-state index is 12.8. The number of amides is 3. The third kappa shape index (κ3) is 4.87. The number of hydrogen-bond acceptors (Lipinski definition) is 3. The lowest BCUT2D eigenvalue weighted by atomic mass is 9.80. The molecule has 2 aliphatic rings. The molecule has 146 valence electrons. The maximum Gasteiger partial charge on any atom is 0.227 e. The van der Waals surface area contributed by atoms with Gasteiger partial charge in [-0.3, -0.25) is 14.4 Å². The number of rotatable bonds is 3. The first kappa shape index (κ1) is 19.4. The van der Waals surface area contributed by atoms with E-state index in [-0.39, 0.29) is 29.6 Å². The summed E-state index contributed by atoms with van der Waals surface area (Å²) in [6.45, 7) is 6.05. The molecule has 6 nitrogen and oxygen atoms in total. The van der Waals surface area contributed by atoms with Crippen LogP contribution in [0.1, 0.15) is 38.2 Å². The van der Waals surface area contributed by atoms with Gasteiger partial charge in [-0.15, -0.1) is 0 Å². The Bertz CT molecular complexity index is 702. The summed E-state index contributed by atoms with van der Waals surface area (Å²) >= 11 is 0. The van der Waals surface area contributed by atoms with Gasteiger partial charge in [0.25, 0.3) is 0 Å². The molecule has 2 fully saturated rings. The lowest BCUT2D eigenvalue weighted by Gasteiger charge is -2.37. The van der Waals surface area contributed by atoms with Crippen LogP contribution < -0.4 is 5.32 Å². The molecule has 1 saturated heterocycles. The van der Waals surface area contributed by atoms with Crippen molar-refractivity contribution in [2.24, 2.45) is 11.8 Å². The number of anilines is 1. The second-order valence-corrected chi connectivity index (χ2v) is 7.74. The van der Waals surface area contributed by atoms with Crippen molar-refractivity contribution in [1.82, 2.24) is 9.80 Å². The van der Waals surface area contributed by atoms with Crippen molar-refractivity contribution in [3.63, 3.8) is 0 Å². The summed E-state index contributed by atoms with van der Waals surface area (Å²) in [4.78, 5) is 40.4. The summed E-state index contributed by atoms with van der Waals surface area (Å²) in [5.74, 6) is 0.306. The lowest BCUT2D eigenvalue weighted by Crippen LogP contribution is -2.51. The largest absolute Gasteiger partial charge is 0.339 e. The van der Waals surface area contributed by atoms with E-state index in [1.165, 1.54) is 0 Å². The van der Waals surface area contributed by atoms with Crippen LogP contribution in [0.4, 0.5) is 5.69 Å². The molecule has 1 aliphatic carbocycles. The number of piperazine rings is 1. The average Bonchev–Trinajstić information content (AvgIpc) is 2.67. The monoisotopic (exact) mass is 371 g/mol. The van der Waals surface area contributed by atoms with Crippen LogP contribution in [-0.2, 0) is 14.4 Å². The molecule has 6 heteroatoms. The van der Waals surface area contributed by atoms with Crippen LogP contribution in [0, 0.1) is 18.8 Å². The zero-order chi connectivity index (χ0) is 19.4. The second kappa shape index (κ2) is 8.55. The van der Waals surface area contributed by atoms with Gasteiger partial charge in [-0.25, -0.2) is 0 Å². The number of nitrogens with zero attached hydrogens (tertiary/aromatic N) is 2. The minimum Gasteiger partial charge on any atom is -0.339 e. The quantitative estimate of drug-likeness (QED) is 0.887. The highest BCUT2D eigenvalue weighted by Crippen LogP contribution is 2.31. The van der Waals surface area contributed by atoms with Gasteiger partial charge in [-0.1, -0.05) is 12.1 Å². The Labute approximate surface area is 160 Å². The molecule has 0 aromatic heterocycles. The zero-order valence-corrected chi connectivity index (χ0v) is 16.2. The normalized spacial score (nSPS) is 23.0. The predicted molar refractivity (Wildman–Crippen MR) is 104 cm³/mol. The van der Waals surface area contributed by atoms with E-state index >= 15 is 0 Å². The van der Waals surface area contributed by atoms with E-state index in [1.807, 2.05) is 36.1 Å². The standard InChI is InChI=1S/C21H29N3O3/c1-15-4-3-5-19(14-15)22-20(26)17-6-8-18(9-7-17)21(27)24-12-10-23(11-13-24)16(2)25/h3-5,14,17-18H,6-13H2,1-2H3,(H,22,26). The molecule has 0 atom stereocenters. The predicted octanol–water partition coefficient (Wildman–Crippen LogP) is 2.43. The Morgan fingerprint density at radius 1 is 0.926 bits per heavy atom. The Hall–Kier alpha value is -2.37. The number of carbonyl (C=O) groups is 3. The fraction of sp³-hybridized carbons (Fsp3) is 0.571. The molecular formula is C21H29N3O3.